The van der Waals surface area contributed by atoms with Crippen molar-refractivity contribution < 1.29 is 4.74 Å². The van der Waals surface area contributed by atoms with Gasteiger partial charge in [0.25, 0.3) is 0 Å². The first-order valence-electron chi connectivity index (χ1n) is 4.47. The Morgan fingerprint density at radius 2 is 2.29 bits per heavy atom. The third-order valence-electron chi connectivity index (χ3n) is 1.93. The van der Waals surface area contributed by atoms with Crippen molar-refractivity contribution in [2.24, 2.45) is 5.73 Å². The van der Waals surface area contributed by atoms with Crippen molar-refractivity contribution >= 4 is 17.3 Å². The van der Waals surface area contributed by atoms with Crippen molar-refractivity contribution in [3.8, 4) is 5.75 Å². The molecule has 78 valence electrons. The lowest BCUT2D eigenvalue weighted by atomic mass is 10.2. The summed E-state index contributed by atoms with van der Waals surface area (Å²) in [5, 5.41) is 3.87. The number of benzene rings is 1. The molecule has 0 saturated heterocycles. The third kappa shape index (κ3) is 2.79. The van der Waals surface area contributed by atoms with E-state index in [-0.39, 0.29) is 6.04 Å². The third-order valence-corrected chi connectivity index (χ3v) is 2.26. The molecule has 1 unspecified atom stereocenters. The van der Waals surface area contributed by atoms with Crippen molar-refractivity contribution in [1.29, 1.82) is 0 Å². The molecule has 1 rings (SSSR count). The standard InChI is InChI=1S/C10H15ClN2O/c1-7(6-12)13-10-5-8(14-2)3-4-9(10)11/h3-5,7,13H,6,12H2,1-2H3. The van der Waals surface area contributed by atoms with Crippen LogP contribution in [0.15, 0.2) is 18.2 Å². The van der Waals surface area contributed by atoms with Gasteiger partial charge in [0.05, 0.1) is 17.8 Å². The highest BCUT2D eigenvalue weighted by molar-refractivity contribution is 6.33. The zero-order chi connectivity index (χ0) is 10.6. The van der Waals surface area contributed by atoms with Crippen LogP contribution >= 0.6 is 11.6 Å². The second-order valence-electron chi connectivity index (χ2n) is 3.13. The molecule has 3 N–H and O–H groups in total. The fourth-order valence-corrected chi connectivity index (χ4v) is 1.24. The highest BCUT2D eigenvalue weighted by Crippen LogP contribution is 2.26. The Bertz CT molecular complexity index is 304. The van der Waals surface area contributed by atoms with E-state index in [1.54, 1.807) is 13.2 Å². The van der Waals surface area contributed by atoms with Gasteiger partial charge in [0.1, 0.15) is 5.75 Å². The molecule has 3 nitrogen and oxygen atoms in total. The van der Waals surface area contributed by atoms with Crippen LogP contribution in [-0.2, 0) is 0 Å². The first kappa shape index (κ1) is 11.1. The maximum atomic E-state index is 6.00. The summed E-state index contributed by atoms with van der Waals surface area (Å²) >= 11 is 6.00. The van der Waals surface area contributed by atoms with Crippen molar-refractivity contribution in [2.45, 2.75) is 13.0 Å². The summed E-state index contributed by atoms with van der Waals surface area (Å²) < 4.78 is 5.10. The van der Waals surface area contributed by atoms with E-state index in [0.29, 0.717) is 11.6 Å². The lowest BCUT2D eigenvalue weighted by Gasteiger charge is -2.14. The van der Waals surface area contributed by atoms with Crippen molar-refractivity contribution in [3.63, 3.8) is 0 Å². The van der Waals surface area contributed by atoms with Crippen LogP contribution < -0.4 is 15.8 Å². The second-order valence-corrected chi connectivity index (χ2v) is 3.53. The Balaban J connectivity index is 2.83. The Hall–Kier alpha value is -0.930. The molecule has 0 aliphatic carbocycles. The monoisotopic (exact) mass is 214 g/mol. The predicted molar refractivity (Wildman–Crippen MR) is 60.1 cm³/mol. The number of nitrogens with one attached hydrogen (secondary N) is 1. The predicted octanol–water partition coefficient (Wildman–Crippen LogP) is 2.11. The smallest absolute Gasteiger partial charge is 0.121 e. The Morgan fingerprint density at radius 3 is 2.86 bits per heavy atom. The van der Waals surface area contributed by atoms with Gasteiger partial charge in [-0.3, -0.25) is 0 Å². The van der Waals surface area contributed by atoms with Gasteiger partial charge in [-0.15, -0.1) is 0 Å². The maximum absolute atomic E-state index is 6.00. The van der Waals surface area contributed by atoms with Gasteiger partial charge in [0.2, 0.25) is 0 Å². The van der Waals surface area contributed by atoms with E-state index in [2.05, 4.69) is 5.32 Å². The lowest BCUT2D eigenvalue weighted by Crippen LogP contribution is -2.25. The number of anilines is 1. The number of hydrogen-bond donors (Lipinski definition) is 2. The van der Waals surface area contributed by atoms with Crippen LogP contribution in [0.3, 0.4) is 0 Å². The largest absolute Gasteiger partial charge is 0.497 e. The normalized spacial score (nSPS) is 12.3. The fraction of sp³-hybridized carbons (Fsp3) is 0.400. The molecular formula is C10H15ClN2O. The van der Waals surface area contributed by atoms with Crippen LogP contribution in [0.25, 0.3) is 0 Å². The van der Waals surface area contributed by atoms with E-state index in [9.17, 15) is 0 Å². The highest BCUT2D eigenvalue weighted by Gasteiger charge is 2.04. The molecule has 0 aliphatic rings. The minimum Gasteiger partial charge on any atom is -0.497 e. The molecule has 4 heteroatoms. The molecule has 14 heavy (non-hydrogen) atoms. The summed E-state index contributed by atoms with van der Waals surface area (Å²) in [6.45, 7) is 2.56. The number of nitrogens with two attached hydrogens (primary N) is 1. The van der Waals surface area contributed by atoms with E-state index in [4.69, 9.17) is 22.1 Å². The van der Waals surface area contributed by atoms with Gasteiger partial charge >= 0.3 is 0 Å². The van der Waals surface area contributed by atoms with Crippen molar-refractivity contribution in [3.05, 3.63) is 23.2 Å². The zero-order valence-electron chi connectivity index (χ0n) is 8.38. The van der Waals surface area contributed by atoms with Crippen LogP contribution in [0, 0.1) is 0 Å². The summed E-state index contributed by atoms with van der Waals surface area (Å²) in [5.41, 5.74) is 6.35. The maximum Gasteiger partial charge on any atom is 0.121 e. The number of methoxy groups -OCH3 is 1. The number of hydrogen-bond acceptors (Lipinski definition) is 3. The molecule has 0 heterocycles. The minimum absolute atomic E-state index is 0.194. The Labute approximate surface area is 89.2 Å². The van der Waals surface area contributed by atoms with Gasteiger partial charge in [-0.25, -0.2) is 0 Å². The van der Waals surface area contributed by atoms with Gasteiger partial charge in [0, 0.05) is 18.7 Å². The van der Waals surface area contributed by atoms with Gasteiger partial charge in [-0.2, -0.15) is 0 Å². The molecular weight excluding hydrogens is 200 g/mol. The van der Waals surface area contributed by atoms with Gasteiger partial charge in [0.15, 0.2) is 0 Å². The zero-order valence-corrected chi connectivity index (χ0v) is 9.14. The van der Waals surface area contributed by atoms with E-state index in [1.807, 2.05) is 19.1 Å². The molecule has 0 spiro atoms. The number of halogens is 1. The summed E-state index contributed by atoms with van der Waals surface area (Å²) in [7, 11) is 1.62. The Kier molecular flexibility index (Phi) is 4.04. The first-order valence-corrected chi connectivity index (χ1v) is 4.85. The van der Waals surface area contributed by atoms with Crippen molar-refractivity contribution in [1.82, 2.24) is 0 Å². The van der Waals surface area contributed by atoms with Gasteiger partial charge in [-0.1, -0.05) is 11.6 Å². The van der Waals surface area contributed by atoms with Crippen LogP contribution in [-0.4, -0.2) is 19.7 Å². The molecule has 0 aromatic heterocycles. The molecule has 1 aromatic carbocycles. The fourth-order valence-electron chi connectivity index (χ4n) is 1.07. The minimum atomic E-state index is 0.194. The van der Waals surface area contributed by atoms with E-state index >= 15 is 0 Å². The van der Waals surface area contributed by atoms with Crippen LogP contribution in [0.5, 0.6) is 5.75 Å². The molecule has 0 amide bonds. The van der Waals surface area contributed by atoms with E-state index in [1.165, 1.54) is 0 Å². The molecule has 0 fully saturated rings. The quantitative estimate of drug-likeness (QED) is 0.807. The van der Waals surface area contributed by atoms with Crippen molar-refractivity contribution in [2.75, 3.05) is 19.0 Å². The van der Waals surface area contributed by atoms with Crippen LogP contribution in [0.1, 0.15) is 6.92 Å². The van der Waals surface area contributed by atoms with Crippen LogP contribution in [0.2, 0.25) is 5.02 Å². The summed E-state index contributed by atoms with van der Waals surface area (Å²) in [5.74, 6) is 0.779. The molecule has 1 aromatic rings. The summed E-state index contributed by atoms with van der Waals surface area (Å²) in [6, 6.07) is 5.67. The van der Waals surface area contributed by atoms with Gasteiger partial charge < -0.3 is 15.8 Å². The lowest BCUT2D eigenvalue weighted by molar-refractivity contribution is 0.415. The molecule has 0 bridgehead atoms. The molecule has 1 atom stereocenters. The van der Waals surface area contributed by atoms with Gasteiger partial charge in [-0.05, 0) is 19.1 Å². The number of rotatable bonds is 4. The average Bonchev–Trinajstić information content (AvgIpc) is 2.21. The van der Waals surface area contributed by atoms with E-state index in [0.717, 1.165) is 11.4 Å². The summed E-state index contributed by atoms with van der Waals surface area (Å²) in [6.07, 6.45) is 0. The van der Waals surface area contributed by atoms with E-state index < -0.39 is 0 Å². The first-order chi connectivity index (χ1) is 6.67. The second kappa shape index (κ2) is 5.08. The average molecular weight is 215 g/mol. The summed E-state index contributed by atoms with van der Waals surface area (Å²) in [4.78, 5) is 0. The molecule has 0 saturated carbocycles. The SMILES string of the molecule is COc1ccc(Cl)c(NC(C)CN)c1. The topological polar surface area (TPSA) is 47.3 Å². The number of ether oxygens (including phenoxy) is 1. The molecule has 0 radical (unpaired) electrons. The highest BCUT2D eigenvalue weighted by atomic mass is 35.5. The Morgan fingerprint density at radius 1 is 1.57 bits per heavy atom. The molecule has 0 aliphatic heterocycles. The van der Waals surface area contributed by atoms with Crippen LogP contribution in [0.4, 0.5) is 5.69 Å².